The van der Waals surface area contributed by atoms with E-state index in [9.17, 15) is 19.2 Å². The van der Waals surface area contributed by atoms with Gasteiger partial charge < -0.3 is 19.4 Å². The molecule has 188 valence electrons. The van der Waals surface area contributed by atoms with Crippen LogP contribution >= 0.6 is 11.6 Å². The van der Waals surface area contributed by atoms with Crippen LogP contribution < -0.4 is 10.9 Å². The number of pyridine rings is 1. The van der Waals surface area contributed by atoms with E-state index in [2.05, 4.69) is 5.32 Å². The van der Waals surface area contributed by atoms with Crippen molar-refractivity contribution in [3.8, 4) is 11.1 Å². The van der Waals surface area contributed by atoms with Gasteiger partial charge >= 0.3 is 11.9 Å². The van der Waals surface area contributed by atoms with Crippen molar-refractivity contribution in [2.24, 2.45) is 7.05 Å². The normalized spacial score (nSPS) is 10.7. The molecule has 0 spiro atoms. The first-order valence-corrected chi connectivity index (χ1v) is 11.8. The molecule has 9 heteroatoms. The summed E-state index contributed by atoms with van der Waals surface area (Å²) in [4.78, 5) is 50.5. The molecule has 1 amide bonds. The van der Waals surface area contributed by atoms with Gasteiger partial charge in [-0.15, -0.1) is 0 Å². The summed E-state index contributed by atoms with van der Waals surface area (Å²) >= 11 is 6.05. The van der Waals surface area contributed by atoms with Crippen LogP contribution in [0.2, 0.25) is 5.02 Å². The number of hydrogen-bond donors (Lipinski definition) is 1. The summed E-state index contributed by atoms with van der Waals surface area (Å²) in [6, 6.07) is 19.9. The number of nitrogens with zero attached hydrogens (tertiary/aromatic N) is 1. The van der Waals surface area contributed by atoms with Gasteiger partial charge in [0.2, 0.25) is 0 Å². The van der Waals surface area contributed by atoms with Crippen LogP contribution in [0.15, 0.2) is 77.6 Å². The average molecular weight is 519 g/mol. The highest BCUT2D eigenvalue weighted by Crippen LogP contribution is 2.31. The number of carbonyl (C=O) groups excluding carboxylic acids is 3. The predicted octanol–water partition coefficient (Wildman–Crippen LogP) is 4.83. The lowest BCUT2D eigenvalue weighted by atomic mass is 9.97. The Bertz CT molecular complexity index is 1540. The number of carbonyl (C=O) groups is 3. The standard InChI is InChI=1S/C28H23ClN2O6/c1-3-36-27(34)18-10-14-20(15-11-18)30-23(32)16-37-28(35)25-24(17-8-12-19(29)13-9-17)21-6-4-5-7-22(21)26(33)31(25)2/h4-15H,3,16H2,1-2H3,(H,30,32). The fourth-order valence-electron chi connectivity index (χ4n) is 3.91. The number of rotatable bonds is 7. The molecule has 0 fully saturated rings. The molecule has 4 aromatic rings. The molecule has 0 unspecified atom stereocenters. The molecule has 4 rings (SSSR count). The minimum atomic E-state index is -0.830. The van der Waals surface area contributed by atoms with Gasteiger partial charge in [-0.3, -0.25) is 9.59 Å². The van der Waals surface area contributed by atoms with E-state index >= 15 is 0 Å². The van der Waals surface area contributed by atoms with Gasteiger partial charge in [0.25, 0.3) is 11.5 Å². The Balaban J connectivity index is 1.58. The van der Waals surface area contributed by atoms with E-state index in [4.69, 9.17) is 21.1 Å². The monoisotopic (exact) mass is 518 g/mol. The summed E-state index contributed by atoms with van der Waals surface area (Å²) in [5.41, 5.74) is 1.56. The van der Waals surface area contributed by atoms with Crippen molar-refractivity contribution in [1.82, 2.24) is 4.57 Å². The minimum Gasteiger partial charge on any atom is -0.462 e. The quantitative estimate of drug-likeness (QED) is 0.351. The van der Waals surface area contributed by atoms with E-state index in [0.29, 0.717) is 38.2 Å². The van der Waals surface area contributed by atoms with Crippen molar-refractivity contribution >= 4 is 45.9 Å². The molecule has 0 saturated carbocycles. The van der Waals surface area contributed by atoms with Crippen molar-refractivity contribution in [3.05, 3.63) is 99.4 Å². The summed E-state index contributed by atoms with van der Waals surface area (Å²) in [5.74, 6) is -1.88. The Hall–Kier alpha value is -4.43. The molecule has 1 N–H and O–H groups in total. The van der Waals surface area contributed by atoms with Crippen molar-refractivity contribution in [2.75, 3.05) is 18.5 Å². The second-order valence-electron chi connectivity index (χ2n) is 8.06. The van der Waals surface area contributed by atoms with Gasteiger partial charge in [0.05, 0.1) is 12.2 Å². The van der Waals surface area contributed by atoms with Crippen LogP contribution in [0.3, 0.4) is 0 Å². The molecule has 1 heterocycles. The Morgan fingerprint density at radius 2 is 1.51 bits per heavy atom. The Morgan fingerprint density at radius 3 is 2.16 bits per heavy atom. The van der Waals surface area contributed by atoms with Gasteiger partial charge in [-0.05, 0) is 60.3 Å². The van der Waals surface area contributed by atoms with Gasteiger partial charge in [0, 0.05) is 28.7 Å². The van der Waals surface area contributed by atoms with Gasteiger partial charge in [-0.25, -0.2) is 9.59 Å². The Morgan fingerprint density at radius 1 is 0.865 bits per heavy atom. The van der Waals surface area contributed by atoms with Gasteiger partial charge in [-0.1, -0.05) is 41.9 Å². The highest BCUT2D eigenvalue weighted by Gasteiger charge is 2.23. The van der Waals surface area contributed by atoms with Crippen molar-refractivity contribution in [1.29, 1.82) is 0 Å². The average Bonchev–Trinajstić information content (AvgIpc) is 2.90. The smallest absolute Gasteiger partial charge is 0.356 e. The van der Waals surface area contributed by atoms with Crippen LogP contribution in [0, 0.1) is 0 Å². The number of halogens is 1. The lowest BCUT2D eigenvalue weighted by Gasteiger charge is -2.17. The van der Waals surface area contributed by atoms with E-state index in [1.165, 1.54) is 35.9 Å². The van der Waals surface area contributed by atoms with E-state index < -0.39 is 24.5 Å². The van der Waals surface area contributed by atoms with Crippen molar-refractivity contribution in [2.45, 2.75) is 6.92 Å². The Labute approximate surface area is 217 Å². The number of amides is 1. The third kappa shape index (κ3) is 5.54. The molecule has 0 saturated heterocycles. The fourth-order valence-corrected chi connectivity index (χ4v) is 4.04. The van der Waals surface area contributed by atoms with E-state index in [1.807, 2.05) is 0 Å². The number of hydrogen-bond acceptors (Lipinski definition) is 6. The summed E-state index contributed by atoms with van der Waals surface area (Å²) in [6.45, 7) is 1.38. The molecule has 0 aliphatic carbocycles. The maximum absolute atomic E-state index is 13.2. The van der Waals surface area contributed by atoms with Gasteiger partial charge in [0.1, 0.15) is 5.69 Å². The first-order valence-electron chi connectivity index (χ1n) is 11.4. The van der Waals surface area contributed by atoms with Crippen LogP contribution in [0.5, 0.6) is 0 Å². The summed E-state index contributed by atoms with van der Waals surface area (Å²) in [6.07, 6.45) is 0. The molecule has 0 bridgehead atoms. The summed E-state index contributed by atoms with van der Waals surface area (Å²) < 4.78 is 11.5. The number of aromatic nitrogens is 1. The number of esters is 2. The number of benzene rings is 3. The SMILES string of the molecule is CCOC(=O)c1ccc(NC(=O)COC(=O)c2c(-c3ccc(Cl)cc3)c3ccccc3c(=O)n2C)cc1. The zero-order valence-electron chi connectivity index (χ0n) is 20.1. The van der Waals surface area contributed by atoms with E-state index in [1.54, 1.807) is 55.5 Å². The third-order valence-corrected chi connectivity index (χ3v) is 5.90. The minimum absolute atomic E-state index is 0.0117. The third-order valence-electron chi connectivity index (χ3n) is 5.64. The first kappa shape index (κ1) is 25.7. The van der Waals surface area contributed by atoms with Crippen molar-refractivity contribution < 1.29 is 23.9 Å². The molecule has 3 aromatic carbocycles. The topological polar surface area (TPSA) is 104 Å². The number of nitrogens with one attached hydrogen (secondary N) is 1. The maximum Gasteiger partial charge on any atom is 0.356 e. The predicted molar refractivity (Wildman–Crippen MR) is 141 cm³/mol. The van der Waals surface area contributed by atoms with Crippen LogP contribution in [0.4, 0.5) is 5.69 Å². The van der Waals surface area contributed by atoms with Gasteiger partial charge in [-0.2, -0.15) is 0 Å². The van der Waals surface area contributed by atoms with E-state index in [-0.39, 0.29) is 17.9 Å². The molecule has 0 aliphatic heterocycles. The lowest BCUT2D eigenvalue weighted by Crippen LogP contribution is -2.28. The molecule has 0 atom stereocenters. The highest BCUT2D eigenvalue weighted by atomic mass is 35.5. The second kappa shape index (κ2) is 11.1. The largest absolute Gasteiger partial charge is 0.462 e. The molecule has 1 aromatic heterocycles. The number of fused-ring (bicyclic) bond motifs is 1. The highest BCUT2D eigenvalue weighted by molar-refractivity contribution is 6.30. The molecule has 0 aliphatic rings. The van der Waals surface area contributed by atoms with Crippen LogP contribution in [0.1, 0.15) is 27.8 Å². The van der Waals surface area contributed by atoms with Crippen LogP contribution in [0.25, 0.3) is 21.9 Å². The van der Waals surface area contributed by atoms with Crippen molar-refractivity contribution in [3.63, 3.8) is 0 Å². The molecule has 8 nitrogen and oxygen atoms in total. The molecular formula is C28H23ClN2O6. The fraction of sp³-hybridized carbons (Fsp3) is 0.143. The molecular weight excluding hydrogens is 496 g/mol. The van der Waals surface area contributed by atoms with Crippen LogP contribution in [-0.4, -0.2) is 35.6 Å². The lowest BCUT2D eigenvalue weighted by molar-refractivity contribution is -0.119. The first-order chi connectivity index (χ1) is 17.8. The van der Waals surface area contributed by atoms with Crippen LogP contribution in [-0.2, 0) is 21.3 Å². The molecule has 0 radical (unpaired) electrons. The Kier molecular flexibility index (Phi) is 7.69. The zero-order valence-corrected chi connectivity index (χ0v) is 20.9. The zero-order chi connectivity index (χ0) is 26.5. The van der Waals surface area contributed by atoms with Gasteiger partial charge in [0.15, 0.2) is 6.61 Å². The summed E-state index contributed by atoms with van der Waals surface area (Å²) in [7, 11) is 1.48. The van der Waals surface area contributed by atoms with E-state index in [0.717, 1.165) is 0 Å². The maximum atomic E-state index is 13.2. The molecule has 37 heavy (non-hydrogen) atoms. The number of anilines is 1. The summed E-state index contributed by atoms with van der Waals surface area (Å²) in [5, 5.41) is 4.14. The number of ether oxygens (including phenoxy) is 2. The second-order valence-corrected chi connectivity index (χ2v) is 8.50.